The number of carbonyl (C=O) groups is 4. The lowest BCUT2D eigenvalue weighted by Gasteiger charge is -2.35. The van der Waals surface area contributed by atoms with Gasteiger partial charge in [0.25, 0.3) is 5.91 Å². The first-order valence-corrected chi connectivity index (χ1v) is 25.3. The molecule has 0 aliphatic carbocycles. The van der Waals surface area contributed by atoms with Gasteiger partial charge in [-0.1, -0.05) is 68.8 Å². The minimum Gasteiger partial charge on any atom is -0.490 e. The van der Waals surface area contributed by atoms with Gasteiger partial charge in [0.1, 0.15) is 52.6 Å². The van der Waals surface area contributed by atoms with Gasteiger partial charge in [0, 0.05) is 46.7 Å². The average molecular weight is 1020 g/mol. The third-order valence-electron chi connectivity index (χ3n) is 12.8. The van der Waals surface area contributed by atoms with Crippen molar-refractivity contribution in [2.45, 2.75) is 92.1 Å². The van der Waals surface area contributed by atoms with Crippen LogP contribution in [0.1, 0.15) is 94.6 Å². The zero-order valence-corrected chi connectivity index (χ0v) is 42.7. The molecule has 0 radical (unpaired) electrons. The van der Waals surface area contributed by atoms with Crippen molar-refractivity contribution < 1.29 is 29.0 Å². The zero-order chi connectivity index (χ0) is 50.3. The summed E-state index contributed by atoms with van der Waals surface area (Å²) < 4.78 is 9.66. The number of nitrogens with one attached hydrogen (secondary N) is 3. The maximum atomic E-state index is 14.3. The van der Waals surface area contributed by atoms with Crippen LogP contribution in [0.2, 0.25) is 5.02 Å². The van der Waals surface area contributed by atoms with Crippen molar-refractivity contribution in [2.24, 2.45) is 10.4 Å². The molecule has 7 heterocycles. The number of nitrogens with zero attached hydrogens (tertiary/aromatic N) is 8. The van der Waals surface area contributed by atoms with E-state index in [1.54, 1.807) is 45.4 Å². The van der Waals surface area contributed by atoms with E-state index >= 15 is 0 Å². The Morgan fingerprint density at radius 2 is 1.69 bits per heavy atom. The van der Waals surface area contributed by atoms with Crippen molar-refractivity contribution in [1.82, 2.24) is 50.0 Å². The van der Waals surface area contributed by atoms with E-state index in [0.29, 0.717) is 28.1 Å². The number of pyridine rings is 1. The van der Waals surface area contributed by atoms with Gasteiger partial charge in [-0.25, -0.2) is 9.97 Å². The number of aromatic nitrogens is 6. The summed E-state index contributed by atoms with van der Waals surface area (Å²) in [4.78, 5) is 72.8. The summed E-state index contributed by atoms with van der Waals surface area (Å²) in [7, 11) is 0. The number of rotatable bonds is 14. The molecule has 368 valence electrons. The minimum atomic E-state index is -1.05. The van der Waals surface area contributed by atoms with Gasteiger partial charge in [-0.3, -0.25) is 28.7 Å². The number of halogens is 1. The molecule has 0 saturated carbocycles. The number of amides is 4. The summed E-state index contributed by atoms with van der Waals surface area (Å²) in [6, 6.07) is 16.2. The lowest BCUT2D eigenvalue weighted by atomic mass is 9.85. The molecule has 2 aliphatic rings. The van der Waals surface area contributed by atoms with E-state index in [0.717, 1.165) is 54.0 Å². The number of likely N-dealkylation sites (tertiary alicyclic amines) is 1. The molecule has 1 fully saturated rings. The van der Waals surface area contributed by atoms with E-state index in [2.05, 4.69) is 50.0 Å². The quantitative estimate of drug-likeness (QED) is 0.0830. The number of benzene rings is 2. The van der Waals surface area contributed by atoms with Crippen LogP contribution in [0.4, 0.5) is 0 Å². The molecule has 4 amide bonds. The number of hydrogen-bond donors (Lipinski definition) is 4. The number of thiophene rings is 1. The Morgan fingerprint density at radius 3 is 2.41 bits per heavy atom. The van der Waals surface area contributed by atoms with Crippen molar-refractivity contribution in [3.05, 3.63) is 134 Å². The molecule has 0 spiro atoms. The van der Waals surface area contributed by atoms with Crippen molar-refractivity contribution in [2.75, 3.05) is 19.7 Å². The van der Waals surface area contributed by atoms with E-state index < -0.39 is 47.4 Å². The summed E-state index contributed by atoms with van der Waals surface area (Å²) >= 11 is 9.47. The number of hydrogen-bond acceptors (Lipinski definition) is 13. The molecule has 2 aliphatic heterocycles. The van der Waals surface area contributed by atoms with Gasteiger partial charge in [-0.2, -0.15) is 0 Å². The molecule has 1 saturated heterocycles. The second-order valence-electron chi connectivity index (χ2n) is 18.9. The smallest absolute Gasteiger partial charge is 0.272 e. The van der Waals surface area contributed by atoms with Crippen LogP contribution >= 0.6 is 34.3 Å². The van der Waals surface area contributed by atoms with Gasteiger partial charge >= 0.3 is 0 Å². The molecule has 0 bridgehead atoms. The van der Waals surface area contributed by atoms with Crippen LogP contribution < -0.4 is 20.7 Å². The topological polar surface area (TPSA) is 210 Å². The summed E-state index contributed by atoms with van der Waals surface area (Å²) in [5.74, 6) is 0.0553. The Labute approximate surface area is 423 Å². The molecular weight excluding hydrogens is 962 g/mol. The first-order chi connectivity index (χ1) is 33.9. The van der Waals surface area contributed by atoms with Crippen LogP contribution in [-0.2, 0) is 20.9 Å². The van der Waals surface area contributed by atoms with E-state index in [9.17, 15) is 24.3 Å². The predicted octanol–water partition coefficient (Wildman–Crippen LogP) is 6.89. The lowest BCUT2D eigenvalue weighted by molar-refractivity contribution is -0.142. The van der Waals surface area contributed by atoms with Gasteiger partial charge in [-0.15, -0.1) is 32.9 Å². The fourth-order valence-corrected chi connectivity index (χ4v) is 11.0. The fraction of sp³-hybridized carbons (Fsp3) is 0.353. The number of ether oxygens (including phenoxy) is 1. The van der Waals surface area contributed by atoms with Crippen LogP contribution in [0.15, 0.2) is 83.6 Å². The van der Waals surface area contributed by atoms with Crippen LogP contribution in [0.3, 0.4) is 0 Å². The van der Waals surface area contributed by atoms with E-state index in [-0.39, 0.29) is 50.7 Å². The van der Waals surface area contributed by atoms with Crippen LogP contribution in [-0.4, -0.2) is 106 Å². The summed E-state index contributed by atoms with van der Waals surface area (Å²) in [5, 5.41) is 29.9. The number of aliphatic imine (C=N–C) groups is 1. The zero-order valence-electron chi connectivity index (χ0n) is 40.3. The number of imidazole rings is 1. The number of carbonyl (C=O) groups excluding carboxylic acids is 4. The number of aryl methyl sites for hydroxylation is 3. The van der Waals surface area contributed by atoms with E-state index in [1.807, 2.05) is 93.2 Å². The van der Waals surface area contributed by atoms with Gasteiger partial charge in [0.2, 0.25) is 17.7 Å². The van der Waals surface area contributed by atoms with Crippen molar-refractivity contribution in [3.8, 4) is 21.2 Å². The Hall–Kier alpha value is -6.80. The molecule has 17 nitrogen and oxygen atoms in total. The van der Waals surface area contributed by atoms with Gasteiger partial charge in [0.05, 0.1) is 47.1 Å². The molecule has 5 aromatic heterocycles. The third-order valence-corrected chi connectivity index (χ3v) is 15.2. The van der Waals surface area contributed by atoms with Crippen molar-refractivity contribution in [3.63, 3.8) is 0 Å². The van der Waals surface area contributed by atoms with Crippen LogP contribution in [0.5, 0.6) is 5.75 Å². The molecule has 4 N–H and O–H groups in total. The summed E-state index contributed by atoms with van der Waals surface area (Å²) in [6.45, 7) is 14.0. The van der Waals surface area contributed by atoms with Crippen molar-refractivity contribution in [1.29, 1.82) is 0 Å². The van der Waals surface area contributed by atoms with E-state index in [1.165, 1.54) is 11.1 Å². The maximum Gasteiger partial charge on any atom is 0.272 e. The highest BCUT2D eigenvalue weighted by atomic mass is 35.5. The first kappa shape index (κ1) is 49.2. The molecule has 1 unspecified atom stereocenters. The highest BCUT2D eigenvalue weighted by Crippen LogP contribution is 2.40. The summed E-state index contributed by atoms with van der Waals surface area (Å²) in [5.41, 5.74) is 8.16. The second kappa shape index (κ2) is 20.1. The molecule has 71 heavy (non-hydrogen) atoms. The molecule has 20 heteroatoms. The molecule has 9 rings (SSSR count). The first-order valence-electron chi connectivity index (χ1n) is 23.2. The monoisotopic (exact) mass is 1020 g/mol. The molecule has 4 atom stereocenters. The largest absolute Gasteiger partial charge is 0.490 e. The predicted molar refractivity (Wildman–Crippen MR) is 273 cm³/mol. The molecule has 2 aromatic carbocycles. The number of β-amino-alcohol motifs (C(OH)–C–C–N with tert-alkyl or cyclic N) is 1. The Kier molecular flexibility index (Phi) is 13.9. The third kappa shape index (κ3) is 10.4. The molecular formula is C51H54ClN11O6S2. The number of aliphatic hydroxyl groups is 1. The Bertz CT molecular complexity index is 3190. The van der Waals surface area contributed by atoms with Crippen LogP contribution in [0.25, 0.3) is 21.1 Å². The van der Waals surface area contributed by atoms with Crippen LogP contribution in [0, 0.1) is 33.1 Å². The lowest BCUT2D eigenvalue weighted by Crippen LogP contribution is -2.57. The SMILES string of the molecule is Cc1ncsc1-c1ccc(CNC(=O)C2C[C@@H](O)CN2C(=O)[C@@H](NC(=O)c2cn3cc(OCCNC(=O)C[C@@H]4N=C(c5ccc(Cl)cc5)c5c(sc(C)c5C)-n5c(C)nnc54)ccc3n2)C(C)(C)C)cc1. The van der Waals surface area contributed by atoms with Gasteiger partial charge in [-0.05, 0) is 74.1 Å². The van der Waals surface area contributed by atoms with Gasteiger partial charge in [0.15, 0.2) is 5.82 Å². The number of thiazole rings is 1. The van der Waals surface area contributed by atoms with Crippen molar-refractivity contribution >= 4 is 69.3 Å². The number of fused-ring (bicyclic) bond motifs is 4. The highest BCUT2D eigenvalue weighted by Gasteiger charge is 2.45. The Balaban J connectivity index is 0.809. The maximum absolute atomic E-state index is 14.3. The second-order valence-corrected chi connectivity index (χ2v) is 21.4. The minimum absolute atomic E-state index is 0.0243. The number of aliphatic hydroxyl groups excluding tert-OH is 1. The Morgan fingerprint density at radius 1 is 0.944 bits per heavy atom. The normalized spacial score (nSPS) is 17.0. The van der Waals surface area contributed by atoms with Gasteiger partial charge < -0.3 is 35.1 Å². The highest BCUT2D eigenvalue weighted by molar-refractivity contribution is 7.15. The standard InChI is InChI=1S/C51H54ClN11O6S2/c1-27-29(3)71-50-42(27)43(32-12-14-34(52)15-13-32)57-37(46-60-59-30(4)63(46)50)21-41(65)53-18-19-69-36-16-17-40-56-38(25-61(40)24-36)47(66)58-45(51(5,6)7)49(68)62-23-35(64)20-39(62)48(67)54-22-31-8-10-33(11-9-31)44-28(2)55-26-70-44/h8-17,24-26,35,37,39,45,64H,18-23H2,1-7H3,(H,53,65)(H,54,67)(H,58,66)/t35-,37+,39?,45-/m1/s1. The molecule has 7 aromatic rings. The summed E-state index contributed by atoms with van der Waals surface area (Å²) in [6.07, 6.45) is 2.40. The van der Waals surface area contributed by atoms with E-state index in [4.69, 9.17) is 21.3 Å². The fourth-order valence-electron chi connectivity index (χ4n) is 8.89. The average Bonchev–Trinajstić information content (AvgIpc) is 4.18.